The highest BCUT2D eigenvalue weighted by molar-refractivity contribution is 8.26. The lowest BCUT2D eigenvalue weighted by atomic mass is 10.0. The Morgan fingerprint density at radius 1 is 1.09 bits per heavy atom. The molecule has 116 valence electrons. The fourth-order valence-corrected chi connectivity index (χ4v) is 2.86. The van der Waals surface area contributed by atoms with Crippen LogP contribution in [0.25, 0.3) is 22.0 Å². The van der Waals surface area contributed by atoms with Crippen molar-refractivity contribution in [1.82, 2.24) is 4.98 Å². The van der Waals surface area contributed by atoms with Crippen LogP contribution >= 0.6 is 11.8 Å². The van der Waals surface area contributed by atoms with Crippen LogP contribution in [0.2, 0.25) is 0 Å². The molecule has 5 N–H and O–H groups in total. The van der Waals surface area contributed by atoms with Gasteiger partial charge in [0.2, 0.25) is 0 Å². The summed E-state index contributed by atoms with van der Waals surface area (Å²) in [4.78, 5) is 2.97. The zero-order valence-electron chi connectivity index (χ0n) is 11.8. The Balaban J connectivity index is 2.16. The average molecular weight is 330 g/mol. The van der Waals surface area contributed by atoms with Crippen molar-refractivity contribution >= 4 is 32.9 Å². The van der Waals surface area contributed by atoms with E-state index in [1.807, 2.05) is 0 Å². The van der Waals surface area contributed by atoms with Gasteiger partial charge in [0.05, 0.1) is 5.56 Å². The van der Waals surface area contributed by atoms with E-state index in [1.54, 1.807) is 18.2 Å². The standard InChI is InChI=1S/C16H12F2N4S/c17-11-2-1-3-12(18)14(11)10-7-22-13-5-4-8(6-9(10)13)15(19)23-16(20)21/h1-7,19,22H,(H3,20,21). The number of rotatable bonds is 2. The highest BCUT2D eigenvalue weighted by Crippen LogP contribution is 2.33. The first-order valence-electron chi connectivity index (χ1n) is 6.63. The maximum absolute atomic E-state index is 14.0. The van der Waals surface area contributed by atoms with Gasteiger partial charge in [-0.15, -0.1) is 0 Å². The zero-order chi connectivity index (χ0) is 16.6. The molecule has 0 bridgehead atoms. The minimum absolute atomic E-state index is 0.0977. The van der Waals surface area contributed by atoms with Crippen LogP contribution in [0.3, 0.4) is 0 Å². The minimum atomic E-state index is -0.649. The van der Waals surface area contributed by atoms with Gasteiger partial charge in [0, 0.05) is 28.2 Å². The van der Waals surface area contributed by atoms with Crippen molar-refractivity contribution in [2.75, 3.05) is 0 Å². The summed E-state index contributed by atoms with van der Waals surface area (Å²) in [5.74, 6) is -1.30. The average Bonchev–Trinajstić information content (AvgIpc) is 2.89. The van der Waals surface area contributed by atoms with Gasteiger partial charge in [-0.1, -0.05) is 12.1 Å². The quantitative estimate of drug-likeness (QED) is 0.421. The summed E-state index contributed by atoms with van der Waals surface area (Å²) in [5, 5.41) is 15.7. The number of hydrogen-bond acceptors (Lipinski definition) is 3. The SMILES string of the molecule is N=C(N)SC(=N)c1ccc2[nH]cc(-c3c(F)cccc3F)c2c1. The van der Waals surface area contributed by atoms with Crippen molar-refractivity contribution in [3.8, 4) is 11.1 Å². The lowest BCUT2D eigenvalue weighted by Gasteiger charge is -2.06. The highest BCUT2D eigenvalue weighted by atomic mass is 32.2. The molecule has 0 unspecified atom stereocenters. The van der Waals surface area contributed by atoms with E-state index in [2.05, 4.69) is 4.98 Å². The number of nitrogens with two attached hydrogens (primary N) is 1. The van der Waals surface area contributed by atoms with Crippen LogP contribution in [-0.2, 0) is 0 Å². The van der Waals surface area contributed by atoms with Crippen LogP contribution in [0.5, 0.6) is 0 Å². The summed E-state index contributed by atoms with van der Waals surface area (Å²) in [6.45, 7) is 0. The molecule has 0 saturated heterocycles. The van der Waals surface area contributed by atoms with Crippen molar-refractivity contribution in [2.24, 2.45) is 5.73 Å². The van der Waals surface area contributed by atoms with E-state index in [-0.39, 0.29) is 15.8 Å². The number of halogens is 2. The molecule has 2 aromatic carbocycles. The molecule has 23 heavy (non-hydrogen) atoms. The van der Waals surface area contributed by atoms with Crippen LogP contribution in [-0.4, -0.2) is 15.2 Å². The van der Waals surface area contributed by atoms with E-state index in [9.17, 15) is 8.78 Å². The molecule has 0 amide bonds. The van der Waals surface area contributed by atoms with Gasteiger partial charge in [-0.2, -0.15) is 0 Å². The first-order valence-corrected chi connectivity index (χ1v) is 7.45. The van der Waals surface area contributed by atoms with Crippen molar-refractivity contribution in [2.45, 2.75) is 0 Å². The number of thioether (sulfide) groups is 1. The number of benzene rings is 2. The molecule has 0 aliphatic carbocycles. The maximum atomic E-state index is 14.0. The van der Waals surface area contributed by atoms with Gasteiger partial charge >= 0.3 is 0 Å². The number of amidine groups is 1. The lowest BCUT2D eigenvalue weighted by Crippen LogP contribution is -2.08. The van der Waals surface area contributed by atoms with Gasteiger partial charge in [0.1, 0.15) is 16.7 Å². The fraction of sp³-hybridized carbons (Fsp3) is 0. The van der Waals surface area contributed by atoms with Crippen LogP contribution < -0.4 is 5.73 Å². The van der Waals surface area contributed by atoms with Crippen molar-refractivity contribution in [1.29, 1.82) is 10.8 Å². The molecule has 1 heterocycles. The Morgan fingerprint density at radius 2 is 1.78 bits per heavy atom. The van der Waals surface area contributed by atoms with E-state index in [0.29, 0.717) is 22.0 Å². The predicted molar refractivity (Wildman–Crippen MR) is 90.0 cm³/mol. The second-order valence-corrected chi connectivity index (χ2v) is 5.91. The summed E-state index contributed by atoms with van der Waals surface area (Å²) in [6.07, 6.45) is 1.54. The Bertz CT molecular complexity index is 913. The van der Waals surface area contributed by atoms with Gasteiger partial charge in [-0.3, -0.25) is 10.8 Å². The summed E-state index contributed by atoms with van der Waals surface area (Å²) >= 11 is 0.813. The van der Waals surface area contributed by atoms with Crippen molar-refractivity contribution in [3.05, 3.63) is 59.8 Å². The van der Waals surface area contributed by atoms with Gasteiger partial charge in [0.15, 0.2) is 5.17 Å². The number of hydrogen-bond donors (Lipinski definition) is 4. The van der Waals surface area contributed by atoms with Gasteiger partial charge < -0.3 is 10.7 Å². The molecule has 0 aliphatic rings. The Hall–Kier alpha value is -2.67. The smallest absolute Gasteiger partial charge is 0.157 e. The first-order chi connectivity index (χ1) is 11.0. The third-order valence-electron chi connectivity index (χ3n) is 3.39. The number of fused-ring (bicyclic) bond motifs is 1. The van der Waals surface area contributed by atoms with Crippen LogP contribution in [0.4, 0.5) is 8.78 Å². The normalized spacial score (nSPS) is 10.9. The van der Waals surface area contributed by atoms with Crippen molar-refractivity contribution in [3.63, 3.8) is 0 Å². The molecule has 0 saturated carbocycles. The summed E-state index contributed by atoms with van der Waals surface area (Å²) < 4.78 is 28.1. The maximum Gasteiger partial charge on any atom is 0.157 e. The highest BCUT2D eigenvalue weighted by Gasteiger charge is 2.16. The van der Waals surface area contributed by atoms with E-state index in [1.165, 1.54) is 24.4 Å². The molecule has 3 rings (SSSR count). The topological polar surface area (TPSA) is 89.5 Å². The molecule has 7 heteroatoms. The molecule has 0 spiro atoms. The second-order valence-electron chi connectivity index (χ2n) is 4.85. The van der Waals surface area contributed by atoms with Gasteiger partial charge in [0.25, 0.3) is 0 Å². The number of aromatic nitrogens is 1. The molecule has 0 radical (unpaired) electrons. The Morgan fingerprint density at radius 3 is 2.43 bits per heavy atom. The van der Waals surface area contributed by atoms with Crippen molar-refractivity contribution < 1.29 is 8.78 Å². The van der Waals surface area contributed by atoms with E-state index in [0.717, 1.165) is 11.8 Å². The lowest BCUT2D eigenvalue weighted by molar-refractivity contribution is 0.590. The monoisotopic (exact) mass is 330 g/mol. The minimum Gasteiger partial charge on any atom is -0.378 e. The summed E-state index contributed by atoms with van der Waals surface area (Å²) in [7, 11) is 0. The second kappa shape index (κ2) is 5.85. The third kappa shape index (κ3) is 2.83. The largest absolute Gasteiger partial charge is 0.378 e. The number of aromatic amines is 1. The molecule has 0 fully saturated rings. The van der Waals surface area contributed by atoms with Gasteiger partial charge in [-0.05, 0) is 36.0 Å². The predicted octanol–water partition coefficient (Wildman–Crippen LogP) is 4.07. The number of H-pyrrole nitrogens is 1. The van der Waals surface area contributed by atoms with Crippen LogP contribution in [0, 0.1) is 22.5 Å². The van der Waals surface area contributed by atoms with Crippen LogP contribution in [0.15, 0.2) is 42.6 Å². The van der Waals surface area contributed by atoms with Crippen LogP contribution in [0.1, 0.15) is 5.56 Å². The number of nitrogens with one attached hydrogen (secondary N) is 3. The summed E-state index contributed by atoms with van der Waals surface area (Å²) in [6, 6.07) is 8.79. The molecule has 3 aromatic rings. The Kier molecular flexibility index (Phi) is 3.87. The molecular weight excluding hydrogens is 318 g/mol. The molecule has 0 aliphatic heterocycles. The van der Waals surface area contributed by atoms with E-state index < -0.39 is 11.6 Å². The molecular formula is C16H12F2N4S. The summed E-state index contributed by atoms with van der Waals surface area (Å²) in [5.41, 5.74) is 6.79. The fourth-order valence-electron chi connectivity index (χ4n) is 2.39. The zero-order valence-corrected chi connectivity index (χ0v) is 12.6. The molecule has 4 nitrogen and oxygen atoms in total. The first kappa shape index (κ1) is 15.2. The van der Waals surface area contributed by atoms with E-state index >= 15 is 0 Å². The Labute approximate surface area is 134 Å². The molecule has 0 atom stereocenters. The molecule has 1 aromatic heterocycles. The van der Waals surface area contributed by atoms with E-state index in [4.69, 9.17) is 16.6 Å². The van der Waals surface area contributed by atoms with Gasteiger partial charge in [-0.25, -0.2) is 8.78 Å². The third-order valence-corrected chi connectivity index (χ3v) is 4.05.